The highest BCUT2D eigenvalue weighted by Crippen LogP contribution is 2.17. The third-order valence-corrected chi connectivity index (χ3v) is 3.72. The molecule has 4 N–H and O–H groups in total. The second-order valence-electron chi connectivity index (χ2n) is 5.25. The number of anilines is 1. The third-order valence-electron chi connectivity index (χ3n) is 3.31. The molecule has 0 saturated carbocycles. The highest BCUT2D eigenvalue weighted by atomic mass is 35.5. The van der Waals surface area contributed by atoms with Gasteiger partial charge in [-0.3, -0.25) is 4.79 Å². The Kier molecular flexibility index (Phi) is 5.98. The summed E-state index contributed by atoms with van der Waals surface area (Å²) in [5.74, 6) is -0.203. The highest BCUT2D eigenvalue weighted by molar-refractivity contribution is 6.31. The van der Waals surface area contributed by atoms with Gasteiger partial charge in [0, 0.05) is 23.3 Å². The molecular weight excluding hydrogens is 326 g/mol. The molecule has 0 spiro atoms. The quantitative estimate of drug-likeness (QED) is 0.726. The van der Waals surface area contributed by atoms with E-state index in [0.29, 0.717) is 17.3 Å². The molecule has 0 aromatic heterocycles. The predicted octanol–water partition coefficient (Wildman–Crippen LogP) is 3.47. The molecule has 0 bridgehead atoms. The Bertz CT molecular complexity index is 770. The smallest absolute Gasteiger partial charge is 0.316 e. The number of primary amides is 1. The summed E-state index contributed by atoms with van der Waals surface area (Å²) in [5, 5.41) is 5.93. The molecule has 2 aromatic carbocycles. The van der Waals surface area contributed by atoms with Gasteiger partial charge < -0.3 is 16.4 Å². The van der Waals surface area contributed by atoms with Crippen LogP contribution in [0.25, 0.3) is 6.08 Å². The van der Waals surface area contributed by atoms with Crippen LogP contribution in [-0.4, -0.2) is 11.9 Å². The first kappa shape index (κ1) is 17.6. The average Bonchev–Trinajstić information content (AvgIpc) is 2.55. The van der Waals surface area contributed by atoms with E-state index in [9.17, 15) is 9.59 Å². The molecule has 0 saturated heterocycles. The van der Waals surface area contributed by atoms with Crippen LogP contribution < -0.4 is 16.4 Å². The monoisotopic (exact) mass is 343 g/mol. The number of halogens is 1. The fourth-order valence-corrected chi connectivity index (χ4v) is 2.17. The standard InChI is InChI=1S/C18H18ClN3O2/c1-12-2-3-13(10-16(12)19)6-9-17(23)21-11-14-4-7-15(8-5-14)22-18(20)24/h2-10H,11H2,1H3,(H,21,23)(H3,20,22,24)/b9-6+. The molecule has 6 heteroatoms. The van der Waals surface area contributed by atoms with Crippen molar-refractivity contribution in [2.45, 2.75) is 13.5 Å². The highest BCUT2D eigenvalue weighted by Gasteiger charge is 2.00. The Balaban J connectivity index is 1.87. The molecule has 2 rings (SSSR count). The molecular formula is C18H18ClN3O2. The van der Waals surface area contributed by atoms with Crippen molar-refractivity contribution >= 4 is 35.3 Å². The molecule has 0 fully saturated rings. The van der Waals surface area contributed by atoms with Gasteiger partial charge in [-0.2, -0.15) is 0 Å². The number of benzene rings is 2. The van der Waals surface area contributed by atoms with Gasteiger partial charge in [0.2, 0.25) is 5.91 Å². The maximum absolute atomic E-state index is 11.8. The van der Waals surface area contributed by atoms with Gasteiger partial charge in [0.1, 0.15) is 0 Å². The lowest BCUT2D eigenvalue weighted by Crippen LogP contribution is -2.20. The van der Waals surface area contributed by atoms with Crippen molar-refractivity contribution in [3.63, 3.8) is 0 Å². The van der Waals surface area contributed by atoms with E-state index in [4.69, 9.17) is 17.3 Å². The number of amides is 3. The van der Waals surface area contributed by atoms with Crippen LogP contribution in [0.3, 0.4) is 0 Å². The molecule has 0 unspecified atom stereocenters. The maximum Gasteiger partial charge on any atom is 0.316 e. The van der Waals surface area contributed by atoms with Gasteiger partial charge in [0.15, 0.2) is 0 Å². The lowest BCUT2D eigenvalue weighted by atomic mass is 10.1. The van der Waals surface area contributed by atoms with Crippen molar-refractivity contribution in [3.05, 3.63) is 70.3 Å². The van der Waals surface area contributed by atoms with Gasteiger partial charge in [0.25, 0.3) is 0 Å². The molecule has 0 aliphatic heterocycles. The number of aryl methyl sites for hydroxylation is 1. The van der Waals surface area contributed by atoms with Crippen LogP contribution in [0.1, 0.15) is 16.7 Å². The molecule has 24 heavy (non-hydrogen) atoms. The fourth-order valence-electron chi connectivity index (χ4n) is 1.98. The molecule has 2 aromatic rings. The first-order valence-electron chi connectivity index (χ1n) is 7.31. The Hall–Kier alpha value is -2.79. The Morgan fingerprint density at radius 1 is 1.17 bits per heavy atom. The van der Waals surface area contributed by atoms with Crippen LogP contribution in [-0.2, 0) is 11.3 Å². The zero-order chi connectivity index (χ0) is 17.5. The predicted molar refractivity (Wildman–Crippen MR) is 96.7 cm³/mol. The topological polar surface area (TPSA) is 84.2 Å². The minimum absolute atomic E-state index is 0.203. The van der Waals surface area contributed by atoms with Crippen molar-refractivity contribution in [1.29, 1.82) is 0 Å². The Morgan fingerprint density at radius 3 is 2.50 bits per heavy atom. The number of carbonyl (C=O) groups excluding carboxylic acids is 2. The number of nitrogens with two attached hydrogens (primary N) is 1. The van der Waals surface area contributed by atoms with Crippen LogP contribution in [0, 0.1) is 6.92 Å². The summed E-state index contributed by atoms with van der Waals surface area (Å²) in [6.07, 6.45) is 3.17. The summed E-state index contributed by atoms with van der Waals surface area (Å²) >= 11 is 6.05. The molecule has 0 heterocycles. The molecule has 0 radical (unpaired) electrons. The van der Waals surface area contributed by atoms with E-state index in [-0.39, 0.29) is 5.91 Å². The van der Waals surface area contributed by atoms with Gasteiger partial charge in [-0.15, -0.1) is 0 Å². The Labute approximate surface area is 145 Å². The lowest BCUT2D eigenvalue weighted by molar-refractivity contribution is -0.116. The molecule has 0 aliphatic rings. The molecule has 0 atom stereocenters. The molecule has 124 valence electrons. The lowest BCUT2D eigenvalue weighted by Gasteiger charge is -2.05. The van der Waals surface area contributed by atoms with Crippen LogP contribution in [0.5, 0.6) is 0 Å². The summed E-state index contributed by atoms with van der Waals surface area (Å²) in [6.45, 7) is 2.31. The molecule has 0 aliphatic carbocycles. The van der Waals surface area contributed by atoms with Gasteiger partial charge in [-0.05, 0) is 47.9 Å². The normalized spacial score (nSPS) is 10.6. The summed E-state index contributed by atoms with van der Waals surface area (Å²) in [4.78, 5) is 22.6. The second kappa shape index (κ2) is 8.17. The van der Waals surface area contributed by atoms with E-state index in [2.05, 4.69) is 10.6 Å². The Morgan fingerprint density at radius 2 is 1.88 bits per heavy atom. The molecule has 5 nitrogen and oxygen atoms in total. The minimum Gasteiger partial charge on any atom is -0.351 e. The van der Waals surface area contributed by atoms with Crippen molar-refractivity contribution in [3.8, 4) is 0 Å². The van der Waals surface area contributed by atoms with Crippen LogP contribution in [0.15, 0.2) is 48.5 Å². The van der Waals surface area contributed by atoms with Crippen LogP contribution in [0.2, 0.25) is 5.02 Å². The summed E-state index contributed by atoms with van der Waals surface area (Å²) in [6, 6.07) is 12.0. The van der Waals surface area contributed by atoms with Crippen molar-refractivity contribution in [1.82, 2.24) is 5.32 Å². The van der Waals surface area contributed by atoms with Gasteiger partial charge in [0.05, 0.1) is 0 Å². The molecule has 3 amide bonds. The number of hydrogen-bond donors (Lipinski definition) is 3. The van der Waals surface area contributed by atoms with Crippen molar-refractivity contribution in [2.24, 2.45) is 5.73 Å². The minimum atomic E-state index is -0.614. The van der Waals surface area contributed by atoms with Gasteiger partial charge in [-0.1, -0.05) is 35.9 Å². The van der Waals surface area contributed by atoms with E-state index in [0.717, 1.165) is 16.7 Å². The summed E-state index contributed by atoms with van der Waals surface area (Å²) in [5.41, 5.74) is 8.41. The van der Waals surface area contributed by atoms with Crippen LogP contribution in [0.4, 0.5) is 10.5 Å². The van der Waals surface area contributed by atoms with E-state index in [1.807, 2.05) is 25.1 Å². The number of carbonyl (C=O) groups is 2. The van der Waals surface area contributed by atoms with E-state index < -0.39 is 6.03 Å². The van der Waals surface area contributed by atoms with Crippen molar-refractivity contribution < 1.29 is 9.59 Å². The first-order chi connectivity index (χ1) is 11.4. The maximum atomic E-state index is 11.8. The zero-order valence-electron chi connectivity index (χ0n) is 13.2. The second-order valence-corrected chi connectivity index (χ2v) is 5.65. The first-order valence-corrected chi connectivity index (χ1v) is 7.69. The largest absolute Gasteiger partial charge is 0.351 e. The van der Waals surface area contributed by atoms with Gasteiger partial charge in [-0.25, -0.2) is 4.79 Å². The summed E-state index contributed by atoms with van der Waals surface area (Å²) < 4.78 is 0. The fraction of sp³-hybridized carbons (Fsp3) is 0.111. The number of rotatable bonds is 5. The van der Waals surface area contributed by atoms with E-state index in [1.54, 1.807) is 30.3 Å². The SMILES string of the molecule is Cc1ccc(/C=C/C(=O)NCc2ccc(NC(N)=O)cc2)cc1Cl. The third kappa shape index (κ3) is 5.44. The summed E-state index contributed by atoms with van der Waals surface area (Å²) in [7, 11) is 0. The van der Waals surface area contributed by atoms with Crippen molar-refractivity contribution in [2.75, 3.05) is 5.32 Å². The number of nitrogens with one attached hydrogen (secondary N) is 2. The van der Waals surface area contributed by atoms with E-state index in [1.165, 1.54) is 6.08 Å². The number of hydrogen-bond acceptors (Lipinski definition) is 2. The number of urea groups is 1. The van der Waals surface area contributed by atoms with Crippen LogP contribution >= 0.6 is 11.6 Å². The average molecular weight is 344 g/mol. The van der Waals surface area contributed by atoms with Gasteiger partial charge >= 0.3 is 6.03 Å². The van der Waals surface area contributed by atoms with E-state index >= 15 is 0 Å². The zero-order valence-corrected chi connectivity index (χ0v) is 13.9.